The van der Waals surface area contributed by atoms with Gasteiger partial charge in [-0.05, 0) is 6.07 Å². The Labute approximate surface area is 87.4 Å². The molecule has 0 heterocycles. The standard InChI is InChI=1S/C10H14FNO3/c1-14-9-3-6(10(5-12)15-2)7(11)4-8(9)13/h3-4,10,13H,5,12H2,1-2H3. The van der Waals surface area contributed by atoms with Crippen LogP contribution in [0.4, 0.5) is 4.39 Å². The third-order valence-corrected chi connectivity index (χ3v) is 2.14. The van der Waals surface area contributed by atoms with Gasteiger partial charge in [-0.1, -0.05) is 0 Å². The van der Waals surface area contributed by atoms with Crippen LogP contribution in [0.3, 0.4) is 0 Å². The number of phenolic OH excluding ortho intramolecular Hbond substituents is 1. The van der Waals surface area contributed by atoms with Gasteiger partial charge in [0.25, 0.3) is 0 Å². The lowest BCUT2D eigenvalue weighted by Crippen LogP contribution is -2.15. The number of nitrogens with two attached hydrogens (primary N) is 1. The number of ether oxygens (including phenoxy) is 2. The lowest BCUT2D eigenvalue weighted by atomic mass is 10.1. The van der Waals surface area contributed by atoms with E-state index in [4.69, 9.17) is 15.2 Å². The lowest BCUT2D eigenvalue weighted by molar-refractivity contribution is 0.107. The largest absolute Gasteiger partial charge is 0.504 e. The molecule has 1 aromatic rings. The normalized spacial score (nSPS) is 12.5. The van der Waals surface area contributed by atoms with E-state index in [1.54, 1.807) is 0 Å². The van der Waals surface area contributed by atoms with Crippen molar-refractivity contribution in [3.05, 3.63) is 23.5 Å². The van der Waals surface area contributed by atoms with Crippen molar-refractivity contribution in [1.82, 2.24) is 0 Å². The molecule has 0 amide bonds. The number of aromatic hydroxyl groups is 1. The van der Waals surface area contributed by atoms with E-state index in [0.717, 1.165) is 6.07 Å². The molecule has 0 aliphatic carbocycles. The van der Waals surface area contributed by atoms with Gasteiger partial charge in [-0.25, -0.2) is 4.39 Å². The molecule has 4 nitrogen and oxygen atoms in total. The van der Waals surface area contributed by atoms with Crippen molar-refractivity contribution >= 4 is 0 Å². The highest BCUT2D eigenvalue weighted by atomic mass is 19.1. The number of phenols is 1. The van der Waals surface area contributed by atoms with E-state index in [1.807, 2.05) is 0 Å². The molecule has 3 N–H and O–H groups in total. The maximum absolute atomic E-state index is 13.4. The van der Waals surface area contributed by atoms with E-state index in [9.17, 15) is 9.50 Å². The van der Waals surface area contributed by atoms with Crippen LogP contribution in [0.2, 0.25) is 0 Å². The maximum Gasteiger partial charge on any atom is 0.161 e. The monoisotopic (exact) mass is 215 g/mol. The Morgan fingerprint density at radius 2 is 2.13 bits per heavy atom. The fourth-order valence-corrected chi connectivity index (χ4v) is 1.32. The minimum absolute atomic E-state index is 0.154. The molecule has 0 aromatic heterocycles. The molecule has 0 fully saturated rings. The average Bonchev–Trinajstić information content (AvgIpc) is 2.22. The van der Waals surface area contributed by atoms with Gasteiger partial charge in [-0.15, -0.1) is 0 Å². The number of benzene rings is 1. The summed E-state index contributed by atoms with van der Waals surface area (Å²) in [6.45, 7) is 0.154. The Hall–Kier alpha value is -1.33. The summed E-state index contributed by atoms with van der Waals surface area (Å²) >= 11 is 0. The molecule has 0 radical (unpaired) electrons. The van der Waals surface area contributed by atoms with E-state index in [0.29, 0.717) is 0 Å². The Morgan fingerprint density at radius 3 is 2.60 bits per heavy atom. The quantitative estimate of drug-likeness (QED) is 0.791. The first-order chi connectivity index (χ1) is 7.13. The van der Waals surface area contributed by atoms with Crippen LogP contribution in [-0.4, -0.2) is 25.9 Å². The van der Waals surface area contributed by atoms with E-state index in [1.165, 1.54) is 20.3 Å². The summed E-state index contributed by atoms with van der Waals surface area (Å²) in [5, 5.41) is 9.31. The minimum atomic E-state index is -0.564. The van der Waals surface area contributed by atoms with E-state index < -0.39 is 11.9 Å². The van der Waals surface area contributed by atoms with Gasteiger partial charge in [0.2, 0.25) is 0 Å². The molecule has 5 heteroatoms. The first-order valence-corrected chi connectivity index (χ1v) is 4.43. The highest BCUT2D eigenvalue weighted by Gasteiger charge is 2.17. The Kier molecular flexibility index (Phi) is 3.88. The second-order valence-corrected chi connectivity index (χ2v) is 3.01. The van der Waals surface area contributed by atoms with Crippen molar-refractivity contribution < 1.29 is 19.0 Å². The predicted octanol–water partition coefficient (Wildman–Crippen LogP) is 1.19. The Bertz CT molecular complexity index is 340. The van der Waals surface area contributed by atoms with Gasteiger partial charge >= 0.3 is 0 Å². The van der Waals surface area contributed by atoms with Crippen LogP contribution < -0.4 is 10.5 Å². The molecule has 0 bridgehead atoms. The smallest absolute Gasteiger partial charge is 0.161 e. The van der Waals surface area contributed by atoms with Crippen LogP contribution in [0.15, 0.2) is 12.1 Å². The molecule has 0 saturated carbocycles. The topological polar surface area (TPSA) is 64.7 Å². The third kappa shape index (κ3) is 2.37. The van der Waals surface area contributed by atoms with Crippen molar-refractivity contribution in [2.24, 2.45) is 5.73 Å². The van der Waals surface area contributed by atoms with E-state index >= 15 is 0 Å². The zero-order valence-electron chi connectivity index (χ0n) is 8.66. The van der Waals surface area contributed by atoms with Crippen LogP contribution in [0, 0.1) is 5.82 Å². The van der Waals surface area contributed by atoms with Crippen LogP contribution in [0.25, 0.3) is 0 Å². The van der Waals surface area contributed by atoms with E-state index in [-0.39, 0.29) is 23.6 Å². The van der Waals surface area contributed by atoms with Gasteiger partial charge < -0.3 is 20.3 Å². The van der Waals surface area contributed by atoms with Crippen molar-refractivity contribution in [2.75, 3.05) is 20.8 Å². The van der Waals surface area contributed by atoms with Crippen molar-refractivity contribution in [3.8, 4) is 11.5 Å². The van der Waals surface area contributed by atoms with Crippen LogP contribution >= 0.6 is 0 Å². The number of hydrogen-bond donors (Lipinski definition) is 2. The number of methoxy groups -OCH3 is 2. The summed E-state index contributed by atoms with van der Waals surface area (Å²) in [4.78, 5) is 0. The van der Waals surface area contributed by atoms with Gasteiger partial charge in [0, 0.05) is 25.3 Å². The minimum Gasteiger partial charge on any atom is -0.504 e. The third-order valence-electron chi connectivity index (χ3n) is 2.14. The summed E-state index contributed by atoms with van der Waals surface area (Å²) in [5.74, 6) is -0.613. The van der Waals surface area contributed by atoms with Gasteiger partial charge in [0.1, 0.15) is 5.82 Å². The van der Waals surface area contributed by atoms with Gasteiger partial charge in [-0.3, -0.25) is 0 Å². The first kappa shape index (κ1) is 11.7. The van der Waals surface area contributed by atoms with Crippen molar-refractivity contribution in [2.45, 2.75) is 6.10 Å². The second kappa shape index (κ2) is 4.95. The average molecular weight is 215 g/mol. The molecule has 0 aliphatic rings. The predicted molar refractivity (Wildman–Crippen MR) is 53.4 cm³/mol. The molecule has 84 valence electrons. The Morgan fingerprint density at radius 1 is 1.47 bits per heavy atom. The van der Waals surface area contributed by atoms with Crippen molar-refractivity contribution in [3.63, 3.8) is 0 Å². The van der Waals surface area contributed by atoms with Gasteiger partial charge in [0.15, 0.2) is 11.5 Å². The summed E-state index contributed by atoms with van der Waals surface area (Å²) in [7, 11) is 2.83. The molecule has 1 atom stereocenters. The van der Waals surface area contributed by atoms with Crippen molar-refractivity contribution in [1.29, 1.82) is 0 Å². The molecule has 15 heavy (non-hydrogen) atoms. The maximum atomic E-state index is 13.4. The second-order valence-electron chi connectivity index (χ2n) is 3.01. The number of halogens is 1. The van der Waals surface area contributed by atoms with Crippen LogP contribution in [0.5, 0.6) is 11.5 Å². The van der Waals surface area contributed by atoms with Crippen LogP contribution in [0.1, 0.15) is 11.7 Å². The molecule has 0 spiro atoms. The van der Waals surface area contributed by atoms with Gasteiger partial charge in [0.05, 0.1) is 13.2 Å². The molecule has 0 aliphatic heterocycles. The highest BCUT2D eigenvalue weighted by Crippen LogP contribution is 2.32. The number of hydrogen-bond acceptors (Lipinski definition) is 4. The molecule has 1 rings (SSSR count). The molecule has 1 unspecified atom stereocenters. The Balaban J connectivity index is 3.17. The van der Waals surface area contributed by atoms with E-state index in [2.05, 4.69) is 0 Å². The molecule has 1 aromatic carbocycles. The SMILES string of the molecule is COc1cc(C(CN)OC)c(F)cc1O. The summed E-state index contributed by atoms with van der Waals surface area (Å²) in [5.41, 5.74) is 5.69. The first-order valence-electron chi connectivity index (χ1n) is 4.43. The molecule has 0 saturated heterocycles. The zero-order chi connectivity index (χ0) is 11.4. The summed E-state index contributed by atoms with van der Waals surface area (Å²) in [6.07, 6.45) is -0.542. The molecular formula is C10H14FNO3. The zero-order valence-corrected chi connectivity index (χ0v) is 8.66. The van der Waals surface area contributed by atoms with Crippen LogP contribution in [-0.2, 0) is 4.74 Å². The fraction of sp³-hybridized carbons (Fsp3) is 0.400. The fourth-order valence-electron chi connectivity index (χ4n) is 1.32. The lowest BCUT2D eigenvalue weighted by Gasteiger charge is -2.15. The summed E-state index contributed by atoms with van der Waals surface area (Å²) in [6, 6.07) is 2.36. The summed E-state index contributed by atoms with van der Waals surface area (Å²) < 4.78 is 23.3. The number of rotatable bonds is 4. The molecular weight excluding hydrogens is 201 g/mol. The highest BCUT2D eigenvalue weighted by molar-refractivity contribution is 5.43. The van der Waals surface area contributed by atoms with Gasteiger partial charge in [-0.2, -0.15) is 0 Å².